The first-order valence-corrected chi connectivity index (χ1v) is 5.20. The Morgan fingerprint density at radius 3 is 3.07 bits per heavy atom. The van der Waals surface area contributed by atoms with E-state index in [1.54, 1.807) is 12.3 Å². The molecule has 0 saturated heterocycles. The summed E-state index contributed by atoms with van der Waals surface area (Å²) >= 11 is 10.8. The van der Waals surface area contributed by atoms with Crippen molar-refractivity contribution < 1.29 is 0 Å². The van der Waals surface area contributed by atoms with Gasteiger partial charge in [-0.05, 0) is 30.8 Å². The van der Waals surface area contributed by atoms with E-state index in [1.807, 2.05) is 13.0 Å². The first-order chi connectivity index (χ1) is 7.13. The van der Waals surface area contributed by atoms with Crippen LogP contribution in [0.4, 0.5) is 5.82 Å². The minimum Gasteiger partial charge on any atom is -0.359 e. The summed E-state index contributed by atoms with van der Waals surface area (Å²) in [4.78, 5) is 4.13. The number of thiocarbonyl (C=S) groups is 1. The second kappa shape index (κ2) is 5.68. The van der Waals surface area contributed by atoms with Gasteiger partial charge in [-0.1, -0.05) is 17.7 Å². The highest BCUT2D eigenvalue weighted by molar-refractivity contribution is 7.80. The van der Waals surface area contributed by atoms with Crippen LogP contribution in [0, 0.1) is 6.92 Å². The number of rotatable bonds is 3. The first kappa shape index (κ1) is 11.9. The molecule has 15 heavy (non-hydrogen) atoms. The molecule has 0 fully saturated rings. The Morgan fingerprint density at radius 1 is 1.73 bits per heavy atom. The SMILES string of the molecule is C=CCNC(=S)Nc1ncc(Cl)cc1C. The number of nitrogens with zero attached hydrogens (tertiary/aromatic N) is 1. The van der Waals surface area contributed by atoms with Crippen molar-refractivity contribution in [3.8, 4) is 0 Å². The predicted molar refractivity (Wildman–Crippen MR) is 68.4 cm³/mol. The van der Waals surface area contributed by atoms with Gasteiger partial charge in [0.05, 0.1) is 5.02 Å². The van der Waals surface area contributed by atoms with E-state index in [4.69, 9.17) is 23.8 Å². The predicted octanol–water partition coefficient (Wildman–Crippen LogP) is 2.52. The van der Waals surface area contributed by atoms with Crippen LogP contribution in [0.5, 0.6) is 0 Å². The Morgan fingerprint density at radius 2 is 2.47 bits per heavy atom. The quantitative estimate of drug-likeness (QED) is 0.630. The van der Waals surface area contributed by atoms with Gasteiger partial charge in [-0.3, -0.25) is 0 Å². The zero-order chi connectivity index (χ0) is 11.3. The summed E-state index contributed by atoms with van der Waals surface area (Å²) in [5, 5.41) is 7.06. The molecule has 0 aliphatic rings. The molecule has 1 aromatic heterocycles. The molecule has 1 rings (SSSR count). The number of nitrogens with one attached hydrogen (secondary N) is 2. The average Bonchev–Trinajstić information content (AvgIpc) is 2.19. The van der Waals surface area contributed by atoms with Crippen molar-refractivity contribution in [3.63, 3.8) is 0 Å². The lowest BCUT2D eigenvalue weighted by molar-refractivity contribution is 1.06. The number of hydrogen-bond donors (Lipinski definition) is 2. The normalized spacial score (nSPS) is 9.47. The van der Waals surface area contributed by atoms with Gasteiger partial charge in [0.25, 0.3) is 0 Å². The molecule has 0 bridgehead atoms. The highest BCUT2D eigenvalue weighted by Gasteiger charge is 2.02. The van der Waals surface area contributed by atoms with Crippen LogP contribution in [0.25, 0.3) is 0 Å². The van der Waals surface area contributed by atoms with Crippen LogP contribution in [-0.4, -0.2) is 16.6 Å². The van der Waals surface area contributed by atoms with Crippen LogP contribution < -0.4 is 10.6 Å². The van der Waals surface area contributed by atoms with Gasteiger partial charge in [-0.2, -0.15) is 0 Å². The van der Waals surface area contributed by atoms with Crippen LogP contribution in [0.3, 0.4) is 0 Å². The van der Waals surface area contributed by atoms with Crippen molar-refractivity contribution in [2.45, 2.75) is 6.92 Å². The van der Waals surface area contributed by atoms with Gasteiger partial charge in [-0.15, -0.1) is 6.58 Å². The van der Waals surface area contributed by atoms with Crippen LogP contribution in [0.1, 0.15) is 5.56 Å². The number of anilines is 1. The maximum atomic E-state index is 5.79. The van der Waals surface area contributed by atoms with Crippen molar-refractivity contribution in [2.24, 2.45) is 0 Å². The van der Waals surface area contributed by atoms with Crippen molar-refractivity contribution in [1.82, 2.24) is 10.3 Å². The molecule has 0 unspecified atom stereocenters. The largest absolute Gasteiger partial charge is 0.359 e. The van der Waals surface area contributed by atoms with Gasteiger partial charge in [0.1, 0.15) is 5.82 Å². The molecule has 0 aliphatic carbocycles. The molecular weight excluding hydrogens is 230 g/mol. The van der Waals surface area contributed by atoms with Gasteiger partial charge >= 0.3 is 0 Å². The van der Waals surface area contributed by atoms with Crippen LogP contribution >= 0.6 is 23.8 Å². The Balaban J connectivity index is 2.64. The summed E-state index contributed by atoms with van der Waals surface area (Å²) in [7, 11) is 0. The number of halogens is 1. The third kappa shape index (κ3) is 3.85. The summed E-state index contributed by atoms with van der Waals surface area (Å²) in [6.45, 7) is 6.12. The van der Waals surface area contributed by atoms with E-state index in [0.717, 1.165) is 5.56 Å². The second-order valence-electron chi connectivity index (χ2n) is 2.94. The Hall–Kier alpha value is -1.13. The molecule has 80 valence electrons. The molecule has 1 aromatic rings. The minimum absolute atomic E-state index is 0.521. The summed E-state index contributed by atoms with van der Waals surface area (Å²) in [5.41, 5.74) is 0.949. The lowest BCUT2D eigenvalue weighted by Crippen LogP contribution is -2.29. The maximum Gasteiger partial charge on any atom is 0.172 e. The van der Waals surface area contributed by atoms with E-state index in [1.165, 1.54) is 0 Å². The molecule has 5 heteroatoms. The van der Waals surface area contributed by atoms with E-state index < -0.39 is 0 Å². The molecule has 0 atom stereocenters. The number of aromatic nitrogens is 1. The molecule has 0 aliphatic heterocycles. The lowest BCUT2D eigenvalue weighted by atomic mass is 10.3. The van der Waals surface area contributed by atoms with Gasteiger partial charge < -0.3 is 10.6 Å². The summed E-state index contributed by atoms with van der Waals surface area (Å²) < 4.78 is 0. The molecular formula is C10H12ClN3S. The van der Waals surface area contributed by atoms with E-state index in [9.17, 15) is 0 Å². The molecule has 0 amide bonds. The van der Waals surface area contributed by atoms with Crippen molar-refractivity contribution in [3.05, 3.63) is 35.5 Å². The van der Waals surface area contributed by atoms with Gasteiger partial charge in [-0.25, -0.2) is 4.98 Å². The topological polar surface area (TPSA) is 37.0 Å². The van der Waals surface area contributed by atoms with E-state index in [0.29, 0.717) is 22.5 Å². The van der Waals surface area contributed by atoms with Crippen LogP contribution in [0.2, 0.25) is 5.02 Å². The Labute approximate surface area is 99.5 Å². The van der Waals surface area contributed by atoms with E-state index in [2.05, 4.69) is 22.2 Å². The van der Waals surface area contributed by atoms with Crippen molar-refractivity contribution in [1.29, 1.82) is 0 Å². The van der Waals surface area contributed by atoms with E-state index in [-0.39, 0.29) is 0 Å². The zero-order valence-electron chi connectivity index (χ0n) is 8.38. The highest BCUT2D eigenvalue weighted by atomic mass is 35.5. The highest BCUT2D eigenvalue weighted by Crippen LogP contribution is 2.15. The molecule has 0 aromatic carbocycles. The average molecular weight is 242 g/mol. The van der Waals surface area contributed by atoms with Gasteiger partial charge in [0.2, 0.25) is 0 Å². The first-order valence-electron chi connectivity index (χ1n) is 4.41. The molecule has 0 radical (unpaired) electrons. The summed E-state index contributed by atoms with van der Waals surface area (Å²) in [6.07, 6.45) is 3.31. The Bertz CT molecular complexity index is 379. The number of pyridine rings is 1. The monoisotopic (exact) mass is 241 g/mol. The maximum absolute atomic E-state index is 5.79. The zero-order valence-corrected chi connectivity index (χ0v) is 9.95. The number of hydrogen-bond acceptors (Lipinski definition) is 2. The Kier molecular flexibility index (Phi) is 4.52. The second-order valence-corrected chi connectivity index (χ2v) is 3.79. The molecule has 3 nitrogen and oxygen atoms in total. The van der Waals surface area contributed by atoms with Gasteiger partial charge in [0, 0.05) is 12.7 Å². The van der Waals surface area contributed by atoms with Crippen molar-refractivity contribution in [2.75, 3.05) is 11.9 Å². The van der Waals surface area contributed by atoms with Crippen LogP contribution in [0.15, 0.2) is 24.9 Å². The van der Waals surface area contributed by atoms with Gasteiger partial charge in [0.15, 0.2) is 5.11 Å². The third-order valence-corrected chi connectivity index (χ3v) is 2.14. The van der Waals surface area contributed by atoms with Crippen LogP contribution in [-0.2, 0) is 0 Å². The molecule has 0 saturated carbocycles. The fourth-order valence-corrected chi connectivity index (χ4v) is 1.38. The number of aryl methyl sites for hydroxylation is 1. The smallest absolute Gasteiger partial charge is 0.172 e. The van der Waals surface area contributed by atoms with E-state index >= 15 is 0 Å². The molecule has 1 heterocycles. The van der Waals surface area contributed by atoms with Crippen molar-refractivity contribution >= 4 is 34.7 Å². The molecule has 2 N–H and O–H groups in total. The fourth-order valence-electron chi connectivity index (χ4n) is 0.988. The lowest BCUT2D eigenvalue weighted by Gasteiger charge is -2.10. The third-order valence-electron chi connectivity index (χ3n) is 1.68. The summed E-state index contributed by atoms with van der Waals surface area (Å²) in [5.74, 6) is 0.709. The summed E-state index contributed by atoms with van der Waals surface area (Å²) in [6, 6.07) is 1.83. The standard InChI is InChI=1S/C10H12ClN3S/c1-3-4-12-10(15)14-9-7(2)5-8(11)6-13-9/h3,5-6H,1,4H2,2H3,(H2,12,13,14,15). The fraction of sp³-hybridized carbons (Fsp3) is 0.200. The molecule has 0 spiro atoms. The minimum atomic E-state index is 0.521.